The smallest absolute Gasteiger partial charge is 0.132 e. The van der Waals surface area contributed by atoms with Crippen molar-refractivity contribution in [3.05, 3.63) is 59.7 Å². The number of thioether (sulfide) groups is 2. The highest BCUT2D eigenvalue weighted by atomic mass is 32.2. The first-order chi connectivity index (χ1) is 9.17. The van der Waals surface area contributed by atoms with Gasteiger partial charge in [0.1, 0.15) is 4.71 Å². The molecule has 0 saturated carbocycles. The van der Waals surface area contributed by atoms with E-state index in [0.717, 1.165) is 9.79 Å². The Labute approximate surface area is 122 Å². The van der Waals surface area contributed by atoms with Crippen LogP contribution >= 0.6 is 23.5 Å². The summed E-state index contributed by atoms with van der Waals surface area (Å²) < 4.78 is -0.120. The summed E-state index contributed by atoms with van der Waals surface area (Å²) in [5, 5.41) is 9.27. The van der Waals surface area contributed by atoms with Gasteiger partial charge in [-0.3, -0.25) is 0 Å². The van der Waals surface area contributed by atoms with Gasteiger partial charge in [-0.15, -0.1) is 0 Å². The molecular weight excluding hydrogens is 274 g/mol. The molecule has 0 aromatic heterocycles. The third kappa shape index (κ3) is 4.58. The molecule has 100 valence electrons. The van der Waals surface area contributed by atoms with E-state index >= 15 is 0 Å². The number of aryl methyl sites for hydroxylation is 2. The first kappa shape index (κ1) is 14.5. The van der Waals surface area contributed by atoms with Crippen LogP contribution < -0.4 is 5.48 Å². The summed E-state index contributed by atoms with van der Waals surface area (Å²) in [4.78, 5) is 2.27. The lowest BCUT2D eigenvalue weighted by Crippen LogP contribution is -2.17. The first-order valence-electron chi connectivity index (χ1n) is 6.03. The highest BCUT2D eigenvalue weighted by Gasteiger charge is 2.10. The average Bonchev–Trinajstić information content (AvgIpc) is 2.43. The second kappa shape index (κ2) is 7.01. The fourth-order valence-electron chi connectivity index (χ4n) is 1.56. The Morgan fingerprint density at radius 2 is 1.16 bits per heavy atom. The normalized spacial score (nSPS) is 10.9. The van der Waals surface area contributed by atoms with Crippen molar-refractivity contribution >= 4 is 23.5 Å². The third-order valence-electron chi connectivity index (χ3n) is 2.63. The lowest BCUT2D eigenvalue weighted by atomic mass is 10.2. The van der Waals surface area contributed by atoms with Crippen molar-refractivity contribution < 1.29 is 5.21 Å². The lowest BCUT2D eigenvalue weighted by molar-refractivity contribution is 0.180. The highest BCUT2D eigenvalue weighted by Crippen LogP contribution is 2.33. The van der Waals surface area contributed by atoms with Crippen molar-refractivity contribution in [2.45, 2.75) is 28.3 Å². The maximum Gasteiger partial charge on any atom is 0.132 e. The summed E-state index contributed by atoms with van der Waals surface area (Å²) in [6, 6.07) is 16.6. The monoisotopic (exact) mass is 291 g/mol. The van der Waals surface area contributed by atoms with E-state index < -0.39 is 0 Å². The van der Waals surface area contributed by atoms with Gasteiger partial charge in [-0.05, 0) is 38.1 Å². The molecule has 0 bridgehead atoms. The van der Waals surface area contributed by atoms with Crippen LogP contribution in [0.4, 0.5) is 0 Å². The summed E-state index contributed by atoms with van der Waals surface area (Å²) in [6.07, 6.45) is 0. The van der Waals surface area contributed by atoms with Gasteiger partial charge in [0, 0.05) is 9.79 Å². The Morgan fingerprint density at radius 1 is 0.789 bits per heavy atom. The zero-order valence-corrected chi connectivity index (χ0v) is 12.6. The van der Waals surface area contributed by atoms with Crippen LogP contribution in [0.25, 0.3) is 0 Å². The quantitative estimate of drug-likeness (QED) is 0.484. The maximum atomic E-state index is 9.27. The number of rotatable bonds is 5. The molecule has 2 aromatic carbocycles. The number of hydrogen-bond donors (Lipinski definition) is 2. The molecule has 0 aliphatic rings. The Hall–Kier alpha value is -0.940. The molecule has 0 unspecified atom stereocenters. The van der Waals surface area contributed by atoms with E-state index in [4.69, 9.17) is 0 Å². The molecule has 0 radical (unpaired) electrons. The molecule has 2 nitrogen and oxygen atoms in total. The van der Waals surface area contributed by atoms with Gasteiger partial charge in [0.25, 0.3) is 0 Å². The molecule has 0 aliphatic carbocycles. The molecule has 2 N–H and O–H groups in total. The predicted octanol–water partition coefficient (Wildman–Crippen LogP) is 4.45. The number of hydroxylamine groups is 1. The van der Waals surface area contributed by atoms with E-state index in [1.54, 1.807) is 23.5 Å². The van der Waals surface area contributed by atoms with Crippen molar-refractivity contribution in [3.8, 4) is 0 Å². The molecule has 0 spiro atoms. The Bertz CT molecular complexity index is 463. The van der Waals surface area contributed by atoms with Gasteiger partial charge < -0.3 is 5.21 Å². The molecule has 0 saturated heterocycles. The third-order valence-corrected chi connectivity index (χ3v) is 4.94. The van der Waals surface area contributed by atoms with Gasteiger partial charge in [-0.1, -0.05) is 58.9 Å². The minimum atomic E-state index is -0.120. The number of hydrogen-bond acceptors (Lipinski definition) is 4. The second-order valence-electron chi connectivity index (χ2n) is 4.32. The van der Waals surface area contributed by atoms with E-state index in [2.05, 4.69) is 67.9 Å². The van der Waals surface area contributed by atoms with Crippen LogP contribution in [0.3, 0.4) is 0 Å². The SMILES string of the molecule is Cc1ccc(SC(NO)Sc2ccc(C)cc2)cc1. The van der Waals surface area contributed by atoms with Crippen molar-refractivity contribution in [1.82, 2.24) is 5.48 Å². The first-order valence-corrected chi connectivity index (χ1v) is 7.79. The Kier molecular flexibility index (Phi) is 5.34. The van der Waals surface area contributed by atoms with Gasteiger partial charge in [-0.25, -0.2) is 0 Å². The van der Waals surface area contributed by atoms with Crippen molar-refractivity contribution in [1.29, 1.82) is 0 Å². The minimum absolute atomic E-state index is 0.120. The van der Waals surface area contributed by atoms with E-state index in [1.165, 1.54) is 11.1 Å². The maximum absolute atomic E-state index is 9.27. The van der Waals surface area contributed by atoms with Crippen LogP contribution in [0.5, 0.6) is 0 Å². The van der Waals surface area contributed by atoms with E-state index in [1.807, 2.05) is 0 Å². The highest BCUT2D eigenvalue weighted by molar-refractivity contribution is 8.17. The van der Waals surface area contributed by atoms with Crippen LogP contribution in [0.1, 0.15) is 11.1 Å². The Balaban J connectivity index is 2.00. The zero-order chi connectivity index (χ0) is 13.7. The van der Waals surface area contributed by atoms with Crippen LogP contribution in [0.2, 0.25) is 0 Å². The molecule has 2 aromatic rings. The van der Waals surface area contributed by atoms with Crippen molar-refractivity contribution in [2.24, 2.45) is 0 Å². The van der Waals surface area contributed by atoms with Crippen LogP contribution in [-0.2, 0) is 0 Å². The van der Waals surface area contributed by atoms with E-state index in [-0.39, 0.29) is 4.71 Å². The van der Waals surface area contributed by atoms with Gasteiger partial charge in [0.2, 0.25) is 0 Å². The van der Waals surface area contributed by atoms with Crippen LogP contribution in [0.15, 0.2) is 58.3 Å². The fourth-order valence-corrected chi connectivity index (χ4v) is 3.60. The largest absolute Gasteiger partial charge is 0.315 e. The fraction of sp³-hybridized carbons (Fsp3) is 0.200. The van der Waals surface area contributed by atoms with Gasteiger partial charge in [0.15, 0.2) is 0 Å². The van der Waals surface area contributed by atoms with Crippen molar-refractivity contribution in [3.63, 3.8) is 0 Å². The molecule has 2 rings (SSSR count). The van der Waals surface area contributed by atoms with Crippen LogP contribution in [-0.4, -0.2) is 9.91 Å². The summed E-state index contributed by atoms with van der Waals surface area (Å²) in [6.45, 7) is 4.13. The van der Waals surface area contributed by atoms with Gasteiger partial charge in [0.05, 0.1) is 0 Å². The van der Waals surface area contributed by atoms with Gasteiger partial charge in [-0.2, -0.15) is 5.48 Å². The predicted molar refractivity (Wildman–Crippen MR) is 82.8 cm³/mol. The zero-order valence-electron chi connectivity index (χ0n) is 11.0. The van der Waals surface area contributed by atoms with Crippen molar-refractivity contribution in [2.75, 3.05) is 0 Å². The number of nitrogens with one attached hydrogen (secondary N) is 1. The molecule has 0 fully saturated rings. The summed E-state index contributed by atoms with van der Waals surface area (Å²) in [5.74, 6) is 0. The molecule has 0 atom stereocenters. The average molecular weight is 291 g/mol. The Morgan fingerprint density at radius 3 is 1.47 bits per heavy atom. The summed E-state index contributed by atoms with van der Waals surface area (Å²) >= 11 is 3.20. The lowest BCUT2D eigenvalue weighted by Gasteiger charge is -2.14. The summed E-state index contributed by atoms with van der Waals surface area (Å²) in [5.41, 5.74) is 4.83. The number of benzene rings is 2. The molecule has 0 heterocycles. The minimum Gasteiger partial charge on any atom is -0.315 e. The standard InChI is InChI=1S/C15H17NOS2/c1-11-3-7-13(8-4-11)18-15(16-17)19-14-9-5-12(2)6-10-14/h3-10,15-17H,1-2H3. The van der Waals surface area contributed by atoms with Crippen LogP contribution in [0, 0.1) is 13.8 Å². The van der Waals surface area contributed by atoms with Gasteiger partial charge >= 0.3 is 0 Å². The molecule has 0 aliphatic heterocycles. The molecule has 4 heteroatoms. The van der Waals surface area contributed by atoms with E-state index in [9.17, 15) is 5.21 Å². The summed E-state index contributed by atoms with van der Waals surface area (Å²) in [7, 11) is 0. The molecule has 0 amide bonds. The van der Waals surface area contributed by atoms with E-state index in [0.29, 0.717) is 0 Å². The second-order valence-corrected chi connectivity index (χ2v) is 6.98. The molecule has 19 heavy (non-hydrogen) atoms. The topological polar surface area (TPSA) is 32.3 Å². The molecular formula is C15H17NOS2.